The summed E-state index contributed by atoms with van der Waals surface area (Å²) in [6.07, 6.45) is 3.32. The maximum absolute atomic E-state index is 15.0. The van der Waals surface area contributed by atoms with Crippen LogP contribution in [-0.4, -0.2) is 50.3 Å². The van der Waals surface area contributed by atoms with Gasteiger partial charge in [0, 0.05) is 41.7 Å². The zero-order chi connectivity index (χ0) is 27.9. The van der Waals surface area contributed by atoms with Crippen LogP contribution in [0.4, 0.5) is 18.9 Å². The fraction of sp³-hybridized carbons (Fsp3) is 0.222. The van der Waals surface area contributed by atoms with Crippen LogP contribution in [0.5, 0.6) is 28.7 Å². The summed E-state index contributed by atoms with van der Waals surface area (Å²) in [7, 11) is 4.56. The van der Waals surface area contributed by atoms with Crippen molar-refractivity contribution < 1.29 is 36.9 Å². The molecule has 0 radical (unpaired) electrons. The predicted octanol–water partition coefficient (Wildman–Crippen LogP) is 5.10. The third kappa shape index (κ3) is 6.12. The Morgan fingerprint density at radius 3 is 2.28 bits per heavy atom. The van der Waals surface area contributed by atoms with E-state index in [4.69, 9.17) is 18.9 Å². The monoisotopic (exact) mass is 542 g/mol. The molecule has 0 fully saturated rings. The maximum atomic E-state index is 15.0. The minimum absolute atomic E-state index is 0.0904. The van der Waals surface area contributed by atoms with Crippen molar-refractivity contribution in [1.29, 1.82) is 0 Å². The molecule has 0 bridgehead atoms. The van der Waals surface area contributed by atoms with E-state index in [2.05, 4.69) is 20.6 Å². The number of carbonyl (C=O) groups is 1. The number of nitrogens with zero attached hydrogens (tertiary/aromatic N) is 2. The van der Waals surface area contributed by atoms with Crippen LogP contribution in [0.25, 0.3) is 10.9 Å². The van der Waals surface area contributed by atoms with E-state index in [9.17, 15) is 18.0 Å². The Hall–Kier alpha value is -4.58. The number of amides is 1. The van der Waals surface area contributed by atoms with Gasteiger partial charge >= 0.3 is 0 Å². The maximum Gasteiger partial charge on any atom is 0.264 e. The van der Waals surface area contributed by atoms with E-state index >= 15 is 0 Å². The molecular formula is C27H25F3N4O5. The number of benzene rings is 2. The number of methoxy groups -OCH3 is 2. The molecule has 2 aromatic heterocycles. The Bertz CT molecular complexity index is 1480. The van der Waals surface area contributed by atoms with Gasteiger partial charge in [-0.2, -0.15) is 4.39 Å². The van der Waals surface area contributed by atoms with Gasteiger partial charge in [-0.15, -0.1) is 0 Å². The van der Waals surface area contributed by atoms with Gasteiger partial charge in [0.2, 0.25) is 5.95 Å². The minimum Gasteiger partial charge on any atom is -0.496 e. The van der Waals surface area contributed by atoms with Gasteiger partial charge in [-0.05, 0) is 38.2 Å². The molecule has 0 atom stereocenters. The average Bonchev–Trinajstić information content (AvgIpc) is 2.92. The number of hydrogen-bond donors (Lipinski definition) is 2. The Morgan fingerprint density at radius 2 is 1.59 bits per heavy atom. The van der Waals surface area contributed by atoms with Gasteiger partial charge in [-0.25, -0.2) is 13.8 Å². The van der Waals surface area contributed by atoms with E-state index in [1.807, 2.05) is 7.05 Å². The zero-order valence-corrected chi connectivity index (χ0v) is 21.3. The lowest BCUT2D eigenvalue weighted by Gasteiger charge is -2.15. The standard InChI is InChI=1S/C27H25F3N4O5/c1-31-7-4-10-38-23-14-19-16(13-22(23)37-3)20(5-8-32-19)39-25-17(28)11-15(12-18(25)29)34-27(35)24-21(36-2)6-9-33-26(24)30/h5-6,8-9,11-14,31H,4,7,10H2,1-3H3,(H,34,35). The van der Waals surface area contributed by atoms with E-state index < -0.39 is 34.8 Å². The molecule has 0 aliphatic carbocycles. The molecule has 2 N–H and O–H groups in total. The Morgan fingerprint density at radius 1 is 0.897 bits per heavy atom. The molecule has 0 aliphatic rings. The summed E-state index contributed by atoms with van der Waals surface area (Å²) in [5.41, 5.74) is -0.327. The predicted molar refractivity (Wildman–Crippen MR) is 137 cm³/mol. The number of anilines is 1. The molecule has 204 valence electrons. The first-order chi connectivity index (χ1) is 18.9. The molecule has 1 amide bonds. The van der Waals surface area contributed by atoms with Crippen LogP contribution in [0, 0.1) is 17.6 Å². The lowest BCUT2D eigenvalue weighted by atomic mass is 10.1. The molecule has 0 saturated heterocycles. The number of nitrogens with one attached hydrogen (secondary N) is 2. The number of aromatic nitrogens is 2. The molecule has 0 spiro atoms. The second kappa shape index (κ2) is 12.3. The van der Waals surface area contributed by atoms with Gasteiger partial charge < -0.3 is 29.6 Å². The van der Waals surface area contributed by atoms with Crippen molar-refractivity contribution in [2.45, 2.75) is 6.42 Å². The fourth-order valence-corrected chi connectivity index (χ4v) is 3.75. The second-order valence-electron chi connectivity index (χ2n) is 8.14. The molecule has 12 heteroatoms. The third-order valence-corrected chi connectivity index (χ3v) is 5.60. The molecule has 0 unspecified atom stereocenters. The first kappa shape index (κ1) is 27.5. The van der Waals surface area contributed by atoms with Gasteiger partial charge in [0.15, 0.2) is 28.9 Å². The Balaban J connectivity index is 1.60. The van der Waals surface area contributed by atoms with E-state index in [1.165, 1.54) is 32.5 Å². The third-order valence-electron chi connectivity index (χ3n) is 5.60. The average molecular weight is 543 g/mol. The summed E-state index contributed by atoms with van der Waals surface area (Å²) in [4.78, 5) is 20.3. The smallest absolute Gasteiger partial charge is 0.264 e. The summed E-state index contributed by atoms with van der Waals surface area (Å²) >= 11 is 0. The molecule has 2 heterocycles. The number of hydrogen-bond acceptors (Lipinski definition) is 8. The highest BCUT2D eigenvalue weighted by molar-refractivity contribution is 6.06. The van der Waals surface area contributed by atoms with Crippen LogP contribution in [0.3, 0.4) is 0 Å². The van der Waals surface area contributed by atoms with Crippen LogP contribution >= 0.6 is 0 Å². The highest BCUT2D eigenvalue weighted by Crippen LogP contribution is 2.38. The van der Waals surface area contributed by atoms with Crippen molar-refractivity contribution in [3.63, 3.8) is 0 Å². The second-order valence-corrected chi connectivity index (χ2v) is 8.14. The zero-order valence-electron chi connectivity index (χ0n) is 21.3. The number of carbonyl (C=O) groups excluding carboxylic acids is 1. The summed E-state index contributed by atoms with van der Waals surface area (Å²) in [5.74, 6) is -4.15. The van der Waals surface area contributed by atoms with Crippen LogP contribution in [-0.2, 0) is 0 Å². The molecule has 39 heavy (non-hydrogen) atoms. The van der Waals surface area contributed by atoms with E-state index in [0.717, 1.165) is 31.3 Å². The van der Waals surface area contributed by atoms with Crippen molar-refractivity contribution in [3.05, 3.63) is 71.9 Å². The molecule has 4 rings (SSSR count). The van der Waals surface area contributed by atoms with Crippen LogP contribution in [0.2, 0.25) is 0 Å². The Kier molecular flexibility index (Phi) is 8.67. The first-order valence-corrected chi connectivity index (χ1v) is 11.8. The lowest BCUT2D eigenvalue weighted by Crippen LogP contribution is -2.16. The van der Waals surface area contributed by atoms with Crippen LogP contribution < -0.4 is 29.6 Å². The summed E-state index contributed by atoms with van der Waals surface area (Å²) in [5, 5.41) is 5.70. The van der Waals surface area contributed by atoms with Crippen molar-refractivity contribution in [1.82, 2.24) is 15.3 Å². The molecule has 0 saturated carbocycles. The van der Waals surface area contributed by atoms with E-state index in [-0.39, 0.29) is 17.2 Å². The SMILES string of the molecule is CNCCCOc1cc2nccc(Oc3c(F)cc(NC(=O)c4c(OC)ccnc4F)cc3F)c2cc1OC. The van der Waals surface area contributed by atoms with Crippen molar-refractivity contribution in [3.8, 4) is 28.7 Å². The van der Waals surface area contributed by atoms with Crippen molar-refractivity contribution >= 4 is 22.5 Å². The fourth-order valence-electron chi connectivity index (χ4n) is 3.75. The van der Waals surface area contributed by atoms with Crippen LogP contribution in [0.1, 0.15) is 16.8 Å². The van der Waals surface area contributed by atoms with Gasteiger partial charge in [-0.1, -0.05) is 0 Å². The van der Waals surface area contributed by atoms with Crippen molar-refractivity contribution in [2.75, 3.05) is 39.7 Å². The largest absolute Gasteiger partial charge is 0.496 e. The van der Waals surface area contributed by atoms with E-state index in [0.29, 0.717) is 29.0 Å². The molecule has 0 aliphatic heterocycles. The molecular weight excluding hydrogens is 517 g/mol. The van der Waals surface area contributed by atoms with Gasteiger partial charge in [-0.3, -0.25) is 9.78 Å². The summed E-state index contributed by atoms with van der Waals surface area (Å²) < 4.78 is 65.9. The molecule has 9 nitrogen and oxygen atoms in total. The highest BCUT2D eigenvalue weighted by atomic mass is 19.1. The summed E-state index contributed by atoms with van der Waals surface area (Å²) in [6.45, 7) is 1.22. The number of fused-ring (bicyclic) bond motifs is 1. The van der Waals surface area contributed by atoms with Gasteiger partial charge in [0.25, 0.3) is 5.91 Å². The number of ether oxygens (including phenoxy) is 4. The normalized spacial score (nSPS) is 10.8. The van der Waals surface area contributed by atoms with Crippen molar-refractivity contribution in [2.24, 2.45) is 0 Å². The van der Waals surface area contributed by atoms with Gasteiger partial charge in [0.1, 0.15) is 17.1 Å². The number of halogens is 3. The quantitative estimate of drug-likeness (QED) is 0.199. The topological polar surface area (TPSA) is 104 Å². The van der Waals surface area contributed by atoms with E-state index in [1.54, 1.807) is 12.1 Å². The highest BCUT2D eigenvalue weighted by Gasteiger charge is 2.22. The summed E-state index contributed by atoms with van der Waals surface area (Å²) in [6, 6.07) is 7.67. The van der Waals surface area contributed by atoms with Crippen LogP contribution in [0.15, 0.2) is 48.8 Å². The Labute approximate surface area is 221 Å². The number of pyridine rings is 2. The first-order valence-electron chi connectivity index (χ1n) is 11.8. The molecule has 4 aromatic rings. The lowest BCUT2D eigenvalue weighted by molar-refractivity contribution is 0.101. The minimum atomic E-state index is -1.11. The number of rotatable bonds is 11. The molecule has 2 aromatic carbocycles. The van der Waals surface area contributed by atoms with Gasteiger partial charge in [0.05, 0.1) is 26.3 Å².